The number of hydrogen-bond donors (Lipinski definition) is 2. The van der Waals surface area contributed by atoms with E-state index in [0.29, 0.717) is 5.56 Å². The molecular formula is C16H20O4. The van der Waals surface area contributed by atoms with E-state index in [0.717, 1.165) is 11.1 Å². The summed E-state index contributed by atoms with van der Waals surface area (Å²) in [6, 6.07) is 5.41. The quantitative estimate of drug-likeness (QED) is 0.782. The highest BCUT2D eigenvalue weighted by Gasteiger charge is 2.39. The molecule has 0 amide bonds. The number of benzene rings is 1. The van der Waals surface area contributed by atoms with Crippen molar-refractivity contribution in [1.29, 1.82) is 0 Å². The van der Waals surface area contributed by atoms with E-state index < -0.39 is 17.5 Å². The third kappa shape index (κ3) is 3.38. The van der Waals surface area contributed by atoms with E-state index in [-0.39, 0.29) is 13.2 Å². The lowest BCUT2D eigenvalue weighted by molar-refractivity contribution is -0.156. The van der Waals surface area contributed by atoms with E-state index in [1.165, 1.54) is 0 Å². The fourth-order valence-corrected chi connectivity index (χ4v) is 1.99. The maximum absolute atomic E-state index is 11.4. The molecule has 0 aromatic heterocycles. The molecule has 0 saturated heterocycles. The van der Waals surface area contributed by atoms with Gasteiger partial charge < -0.3 is 14.9 Å². The van der Waals surface area contributed by atoms with Gasteiger partial charge in [0.2, 0.25) is 0 Å². The van der Waals surface area contributed by atoms with Crippen molar-refractivity contribution >= 4 is 5.97 Å². The van der Waals surface area contributed by atoms with E-state index in [1.54, 1.807) is 26.0 Å². The van der Waals surface area contributed by atoms with Crippen LogP contribution in [0.5, 0.6) is 0 Å². The van der Waals surface area contributed by atoms with Crippen molar-refractivity contribution in [3.05, 3.63) is 34.9 Å². The van der Waals surface area contributed by atoms with E-state index >= 15 is 0 Å². The normalized spacial score (nSPS) is 12.8. The summed E-state index contributed by atoms with van der Waals surface area (Å²) in [5.74, 6) is 1.39. The van der Waals surface area contributed by atoms with Gasteiger partial charge in [-0.05, 0) is 37.5 Å². The van der Waals surface area contributed by atoms with Crippen LogP contribution in [0.1, 0.15) is 36.6 Å². The van der Waals surface area contributed by atoms with Gasteiger partial charge in [-0.15, -0.1) is 6.42 Å². The molecule has 20 heavy (non-hydrogen) atoms. The van der Waals surface area contributed by atoms with Gasteiger partial charge in [-0.2, -0.15) is 0 Å². The second-order valence-corrected chi connectivity index (χ2v) is 5.27. The molecule has 0 spiro atoms. The Bertz CT molecular complexity index is 526. The second kappa shape index (κ2) is 6.56. The number of aliphatic hydroxyl groups excluding tert-OH is 1. The first kappa shape index (κ1) is 16.2. The largest absolute Gasteiger partial charge is 0.481 e. The van der Waals surface area contributed by atoms with Crippen LogP contribution in [-0.2, 0) is 16.1 Å². The number of aliphatic hydroxyl groups is 1. The van der Waals surface area contributed by atoms with Crippen LogP contribution in [0.4, 0.5) is 0 Å². The molecule has 1 unspecified atom stereocenters. The van der Waals surface area contributed by atoms with E-state index in [9.17, 15) is 15.0 Å². The van der Waals surface area contributed by atoms with Crippen molar-refractivity contribution in [3.8, 4) is 12.3 Å². The van der Waals surface area contributed by atoms with Gasteiger partial charge in [0.25, 0.3) is 0 Å². The summed E-state index contributed by atoms with van der Waals surface area (Å²) in [4.78, 5) is 11.4. The van der Waals surface area contributed by atoms with Crippen LogP contribution in [0, 0.1) is 24.7 Å². The summed E-state index contributed by atoms with van der Waals surface area (Å²) >= 11 is 0. The fourth-order valence-electron chi connectivity index (χ4n) is 1.99. The van der Waals surface area contributed by atoms with Gasteiger partial charge in [-0.1, -0.05) is 24.1 Å². The zero-order chi connectivity index (χ0) is 15.3. The maximum Gasteiger partial charge on any atom is 0.312 e. The molecule has 0 fully saturated rings. The lowest BCUT2D eigenvalue weighted by Gasteiger charge is -2.30. The minimum Gasteiger partial charge on any atom is -0.481 e. The van der Waals surface area contributed by atoms with Crippen LogP contribution in [-0.4, -0.2) is 22.8 Å². The summed E-state index contributed by atoms with van der Waals surface area (Å²) in [5, 5.41) is 18.7. The highest BCUT2D eigenvalue weighted by atomic mass is 16.5. The molecule has 0 saturated carbocycles. The number of carboxylic acids is 1. The highest BCUT2D eigenvalue weighted by Crippen LogP contribution is 2.37. The van der Waals surface area contributed by atoms with Crippen molar-refractivity contribution in [2.45, 2.75) is 33.5 Å². The van der Waals surface area contributed by atoms with Gasteiger partial charge in [-0.3, -0.25) is 4.79 Å². The molecule has 0 radical (unpaired) electrons. The topological polar surface area (TPSA) is 66.8 Å². The van der Waals surface area contributed by atoms with E-state index in [2.05, 4.69) is 5.92 Å². The number of carbonyl (C=O) groups is 1. The lowest BCUT2D eigenvalue weighted by atomic mass is 9.82. The Labute approximate surface area is 119 Å². The number of hydrogen-bond acceptors (Lipinski definition) is 3. The van der Waals surface area contributed by atoms with Crippen molar-refractivity contribution < 1.29 is 19.7 Å². The predicted octanol–water partition coefficient (Wildman–Crippen LogP) is 2.29. The van der Waals surface area contributed by atoms with Crippen LogP contribution < -0.4 is 0 Å². The molecule has 0 heterocycles. The minimum atomic E-state index is -1.13. The molecule has 4 heteroatoms. The molecule has 0 aliphatic rings. The van der Waals surface area contributed by atoms with E-state index in [1.807, 2.05) is 13.0 Å². The zero-order valence-corrected chi connectivity index (χ0v) is 12.0. The second-order valence-electron chi connectivity index (χ2n) is 5.27. The Morgan fingerprint density at radius 2 is 2.15 bits per heavy atom. The summed E-state index contributed by atoms with van der Waals surface area (Å²) in [6.45, 7) is 5.00. The van der Waals surface area contributed by atoms with Gasteiger partial charge in [0.1, 0.15) is 6.61 Å². The smallest absolute Gasteiger partial charge is 0.312 e. The average Bonchev–Trinajstić information content (AvgIpc) is 2.40. The van der Waals surface area contributed by atoms with Crippen LogP contribution in [0.25, 0.3) is 0 Å². The van der Waals surface area contributed by atoms with Crippen molar-refractivity contribution in [1.82, 2.24) is 0 Å². The highest BCUT2D eigenvalue weighted by molar-refractivity contribution is 5.74. The summed E-state index contributed by atoms with van der Waals surface area (Å²) in [6.07, 6.45) is 4.51. The monoisotopic (exact) mass is 276 g/mol. The standard InChI is InChI=1S/C16H20O4/c1-5-8-20-14(16(3,4)15(18)19)12-7-6-11(2)13(9-12)10-17/h1,6-7,9,14,17H,8,10H2,2-4H3,(H,18,19). The maximum atomic E-state index is 11.4. The summed E-state index contributed by atoms with van der Waals surface area (Å²) in [7, 11) is 0. The van der Waals surface area contributed by atoms with Crippen molar-refractivity contribution in [2.75, 3.05) is 6.61 Å². The van der Waals surface area contributed by atoms with Crippen molar-refractivity contribution in [2.24, 2.45) is 5.41 Å². The van der Waals surface area contributed by atoms with Crippen LogP contribution >= 0.6 is 0 Å². The Hall–Kier alpha value is -1.83. The lowest BCUT2D eigenvalue weighted by Crippen LogP contribution is -2.33. The SMILES string of the molecule is C#CCOC(c1ccc(C)c(CO)c1)C(C)(C)C(=O)O. The van der Waals surface area contributed by atoms with Gasteiger partial charge in [0.15, 0.2) is 0 Å². The van der Waals surface area contributed by atoms with Gasteiger partial charge in [0, 0.05) is 0 Å². The fraction of sp³-hybridized carbons (Fsp3) is 0.438. The first-order chi connectivity index (χ1) is 9.34. The molecule has 0 aliphatic carbocycles. The Kier molecular flexibility index (Phi) is 5.32. The zero-order valence-electron chi connectivity index (χ0n) is 12.0. The van der Waals surface area contributed by atoms with Gasteiger partial charge >= 0.3 is 5.97 Å². The molecule has 1 aromatic rings. The molecule has 2 N–H and O–H groups in total. The van der Waals surface area contributed by atoms with Crippen LogP contribution in [0.3, 0.4) is 0 Å². The first-order valence-electron chi connectivity index (χ1n) is 6.33. The molecule has 0 bridgehead atoms. The molecule has 1 aromatic carbocycles. The van der Waals surface area contributed by atoms with Crippen LogP contribution in [0.15, 0.2) is 18.2 Å². The third-order valence-corrected chi connectivity index (χ3v) is 3.39. The minimum absolute atomic E-state index is 0.0315. The van der Waals surface area contributed by atoms with E-state index in [4.69, 9.17) is 11.2 Å². The van der Waals surface area contributed by atoms with Gasteiger partial charge in [-0.25, -0.2) is 0 Å². The number of ether oxygens (including phenoxy) is 1. The number of carboxylic acid groups (broad SMARTS) is 1. The average molecular weight is 276 g/mol. The molecular weight excluding hydrogens is 256 g/mol. The first-order valence-corrected chi connectivity index (χ1v) is 6.33. The molecule has 108 valence electrons. The Morgan fingerprint density at radius 1 is 1.50 bits per heavy atom. The molecule has 1 atom stereocenters. The van der Waals surface area contributed by atoms with Crippen LogP contribution in [0.2, 0.25) is 0 Å². The number of aliphatic carboxylic acids is 1. The Morgan fingerprint density at radius 3 is 2.65 bits per heavy atom. The molecule has 4 nitrogen and oxygen atoms in total. The number of rotatable bonds is 6. The number of terminal acetylenes is 1. The Balaban J connectivity index is 3.24. The van der Waals surface area contributed by atoms with Crippen molar-refractivity contribution in [3.63, 3.8) is 0 Å². The molecule has 1 rings (SSSR count). The predicted molar refractivity (Wildman–Crippen MR) is 76.0 cm³/mol. The van der Waals surface area contributed by atoms with Gasteiger partial charge in [0.05, 0.1) is 18.1 Å². The molecule has 0 aliphatic heterocycles. The number of aryl methyl sites for hydroxylation is 1. The third-order valence-electron chi connectivity index (χ3n) is 3.39. The summed E-state index contributed by atoms with van der Waals surface area (Å²) < 4.78 is 5.54. The summed E-state index contributed by atoms with van der Waals surface area (Å²) in [5.41, 5.74) is 1.26.